The first-order valence-electron chi connectivity index (χ1n) is 19.5. The highest BCUT2D eigenvalue weighted by Crippen LogP contribution is 2.46. The molecule has 5 atom stereocenters. The molecule has 2 aliphatic heterocycles. The van der Waals surface area contributed by atoms with Gasteiger partial charge in [0.15, 0.2) is 0 Å². The third kappa shape index (κ3) is 7.45. The Kier molecular flexibility index (Phi) is 10.00. The van der Waals surface area contributed by atoms with Crippen LogP contribution in [0.1, 0.15) is 91.2 Å². The number of fused-ring (bicyclic) bond motifs is 7. The number of sulfonamides is 1. The number of nitrogens with one attached hydrogen (secondary N) is 3. The summed E-state index contributed by atoms with van der Waals surface area (Å²) in [6, 6.07) is 14.0. The fourth-order valence-electron chi connectivity index (χ4n) is 8.15. The molecule has 57 heavy (non-hydrogen) atoms. The van der Waals surface area contributed by atoms with Crippen LogP contribution in [-0.4, -0.2) is 78.2 Å². The lowest BCUT2D eigenvalue weighted by atomic mass is 9.85. The van der Waals surface area contributed by atoms with Gasteiger partial charge in [-0.15, -0.1) is 17.9 Å². The van der Waals surface area contributed by atoms with E-state index in [9.17, 15) is 27.6 Å². The normalized spacial score (nSPS) is 25.9. The van der Waals surface area contributed by atoms with Gasteiger partial charge in [-0.2, -0.15) is 0 Å². The van der Waals surface area contributed by atoms with E-state index in [-0.39, 0.29) is 25.3 Å². The van der Waals surface area contributed by atoms with E-state index in [1.54, 1.807) is 0 Å². The lowest BCUT2D eigenvalue weighted by Gasteiger charge is -2.35. The monoisotopic (exact) mass is 809 g/mol. The minimum absolute atomic E-state index is 0.0299. The molecule has 2 saturated carbocycles. The van der Waals surface area contributed by atoms with Gasteiger partial charge < -0.3 is 20.4 Å². The maximum atomic E-state index is 14.8. The summed E-state index contributed by atoms with van der Waals surface area (Å²) in [5.41, 5.74) is 4.07. The lowest BCUT2D eigenvalue weighted by Crippen LogP contribution is -2.60. The smallest absolute Gasteiger partial charge is 0.262 e. The van der Waals surface area contributed by atoms with Crippen LogP contribution >= 0.6 is 11.3 Å². The van der Waals surface area contributed by atoms with E-state index in [4.69, 9.17) is 9.99 Å². The first kappa shape index (κ1) is 38.8. The molecule has 4 amide bonds. The molecule has 298 valence electrons. The molecule has 0 spiro atoms. The Bertz CT molecular complexity index is 2340. The standard InChI is InChI=1S/C43H47N5O7S2/c1-5-27-23-43(27,41(52)47-57(53,54)29-16-17-29)45-38(49)34-22-28-24-48(34)40(51)37(42(2,3)4)44-39(50)36-26(19-20-56-36)12-8-6-7-11-25-15-18-31-30-13-9-10-14-32(30)35(46-55-28)33(31)21-25/h5,7,9-11,13-15,18-21,27-29,34,37H,1,6,8,12,16-17,22-24H2,2-4H3,(H,44,50)(H,45,49)(H,47,52)/t27-,28-,34+,37-,43-/m1/s1. The van der Waals surface area contributed by atoms with Crippen LogP contribution in [0.3, 0.4) is 0 Å². The lowest BCUT2D eigenvalue weighted by molar-refractivity contribution is -0.142. The molecule has 3 aliphatic carbocycles. The number of nitrogens with zero attached hydrogens (tertiary/aromatic N) is 2. The van der Waals surface area contributed by atoms with Crippen molar-refractivity contribution < 1.29 is 32.4 Å². The molecule has 12 nitrogen and oxygen atoms in total. The molecule has 2 aromatic carbocycles. The van der Waals surface area contributed by atoms with Crippen molar-refractivity contribution in [3.63, 3.8) is 0 Å². The summed E-state index contributed by atoms with van der Waals surface area (Å²) in [4.78, 5) is 65.0. The third-order valence-corrected chi connectivity index (χ3v) is 14.4. The second-order valence-corrected chi connectivity index (χ2v) is 19.7. The Morgan fingerprint density at radius 2 is 1.82 bits per heavy atom. The van der Waals surface area contributed by atoms with Crippen LogP contribution in [0.4, 0.5) is 0 Å². The highest BCUT2D eigenvalue weighted by molar-refractivity contribution is 7.91. The fourth-order valence-corrected chi connectivity index (χ4v) is 10.4. The average Bonchev–Trinajstić information content (AvgIpc) is 4.02. The van der Waals surface area contributed by atoms with E-state index < -0.39 is 68.1 Å². The number of aryl methyl sites for hydroxylation is 1. The molecule has 3 heterocycles. The number of carbonyl (C=O) groups excluding carboxylic acids is 4. The number of benzene rings is 2. The van der Waals surface area contributed by atoms with Gasteiger partial charge in [-0.05, 0) is 83.7 Å². The Morgan fingerprint density at radius 1 is 1.07 bits per heavy atom. The molecule has 0 radical (unpaired) electrons. The van der Waals surface area contributed by atoms with Gasteiger partial charge in [0.25, 0.3) is 11.8 Å². The van der Waals surface area contributed by atoms with Crippen LogP contribution in [0.25, 0.3) is 17.2 Å². The highest BCUT2D eigenvalue weighted by Gasteiger charge is 2.62. The van der Waals surface area contributed by atoms with E-state index in [1.165, 1.54) is 22.3 Å². The number of hydrogen-bond acceptors (Lipinski definition) is 9. The van der Waals surface area contributed by atoms with Crippen LogP contribution in [0.15, 0.2) is 77.8 Å². The summed E-state index contributed by atoms with van der Waals surface area (Å²) in [7, 11) is -3.90. The van der Waals surface area contributed by atoms with E-state index in [0.29, 0.717) is 29.9 Å². The van der Waals surface area contributed by atoms with Gasteiger partial charge in [0.2, 0.25) is 21.8 Å². The molecule has 1 aromatic heterocycles. The van der Waals surface area contributed by atoms with Gasteiger partial charge in [-0.1, -0.05) is 80.6 Å². The molecule has 0 unspecified atom stereocenters. The first-order chi connectivity index (χ1) is 27.2. The minimum atomic E-state index is -3.90. The molecule has 3 fully saturated rings. The topological polar surface area (TPSA) is 163 Å². The van der Waals surface area contributed by atoms with Crippen molar-refractivity contribution in [1.82, 2.24) is 20.3 Å². The largest absolute Gasteiger partial charge is 0.390 e. The van der Waals surface area contributed by atoms with Crippen molar-refractivity contribution in [3.8, 4) is 11.1 Å². The summed E-state index contributed by atoms with van der Waals surface area (Å²) in [6.45, 7) is 9.33. The third-order valence-electron chi connectivity index (χ3n) is 11.6. The van der Waals surface area contributed by atoms with Crippen LogP contribution in [-0.2, 0) is 35.7 Å². The maximum Gasteiger partial charge on any atom is 0.262 e. The molecule has 4 bridgehead atoms. The highest BCUT2D eigenvalue weighted by atomic mass is 32.2. The van der Waals surface area contributed by atoms with Gasteiger partial charge in [0.05, 0.1) is 16.7 Å². The van der Waals surface area contributed by atoms with Crippen LogP contribution in [0, 0.1) is 11.3 Å². The summed E-state index contributed by atoms with van der Waals surface area (Å²) < 4.78 is 27.8. The Labute approximate surface area is 336 Å². The van der Waals surface area contributed by atoms with E-state index in [1.807, 2.05) is 56.5 Å². The second-order valence-electron chi connectivity index (χ2n) is 16.8. The number of hydrogen-bond donors (Lipinski definition) is 3. The number of rotatable bonds is 6. The molecular weight excluding hydrogens is 763 g/mol. The second kappa shape index (κ2) is 14.7. The molecule has 3 aromatic rings. The molecule has 3 N–H and O–H groups in total. The predicted molar refractivity (Wildman–Crippen MR) is 219 cm³/mol. The van der Waals surface area contributed by atoms with Crippen LogP contribution in [0.2, 0.25) is 0 Å². The van der Waals surface area contributed by atoms with E-state index in [2.05, 4.69) is 52.3 Å². The van der Waals surface area contributed by atoms with Crippen LogP contribution < -0.4 is 15.4 Å². The Hall–Kier alpha value is -5.08. The summed E-state index contributed by atoms with van der Waals surface area (Å²) >= 11 is 1.32. The fraction of sp³-hybridized carbons (Fsp3) is 0.419. The number of carbonyl (C=O) groups is 4. The summed E-state index contributed by atoms with van der Waals surface area (Å²) in [6.07, 6.45) is 8.41. The molecule has 1 saturated heterocycles. The molecular formula is C43H47N5O7S2. The quantitative estimate of drug-likeness (QED) is 0.222. The minimum Gasteiger partial charge on any atom is -0.390 e. The van der Waals surface area contributed by atoms with Crippen molar-refractivity contribution in [2.75, 3.05) is 6.54 Å². The number of oxime groups is 1. The summed E-state index contributed by atoms with van der Waals surface area (Å²) in [5, 5.41) is 11.8. The van der Waals surface area contributed by atoms with Gasteiger partial charge in [0.1, 0.15) is 29.4 Å². The Balaban J connectivity index is 1.16. The molecule has 14 heteroatoms. The predicted octanol–water partition coefficient (Wildman–Crippen LogP) is 5.33. The zero-order valence-corrected chi connectivity index (χ0v) is 33.9. The maximum absolute atomic E-state index is 14.8. The van der Waals surface area contributed by atoms with Crippen LogP contribution in [0.5, 0.6) is 0 Å². The van der Waals surface area contributed by atoms with Crippen molar-refractivity contribution in [2.45, 2.75) is 94.7 Å². The van der Waals surface area contributed by atoms with E-state index in [0.717, 1.165) is 46.2 Å². The average molecular weight is 810 g/mol. The number of thiophene rings is 1. The SMILES string of the molecule is C=C[C@@H]1C[C@]1(NC(=O)[C@@H]1C[C@@H]2CN1C(=O)[C@H](C(C)(C)C)NC(=O)c1sccc1CCCC=Cc1ccc3c(c1)C(=NO2)c1ccccc1-3)C(=O)NS(=O)(=O)C1CC1. The summed E-state index contributed by atoms with van der Waals surface area (Å²) in [5.74, 6) is -2.84. The Morgan fingerprint density at radius 3 is 2.54 bits per heavy atom. The number of amides is 4. The zero-order chi connectivity index (χ0) is 40.3. The molecule has 5 aliphatic rings. The molecule has 8 rings (SSSR count). The van der Waals surface area contributed by atoms with Crippen molar-refractivity contribution in [1.29, 1.82) is 0 Å². The van der Waals surface area contributed by atoms with Crippen molar-refractivity contribution >= 4 is 56.8 Å². The van der Waals surface area contributed by atoms with Gasteiger partial charge in [-0.25, -0.2) is 8.42 Å². The van der Waals surface area contributed by atoms with Crippen molar-refractivity contribution in [3.05, 3.63) is 99.8 Å². The first-order valence-corrected chi connectivity index (χ1v) is 22.0. The number of allylic oxidation sites excluding steroid dienone is 1. The van der Waals surface area contributed by atoms with Gasteiger partial charge >= 0.3 is 0 Å². The van der Waals surface area contributed by atoms with Crippen molar-refractivity contribution in [2.24, 2.45) is 16.5 Å². The zero-order valence-electron chi connectivity index (χ0n) is 32.2. The van der Waals surface area contributed by atoms with Gasteiger partial charge in [-0.3, -0.25) is 23.9 Å². The van der Waals surface area contributed by atoms with E-state index >= 15 is 0 Å². The van der Waals surface area contributed by atoms with Gasteiger partial charge in [0, 0.05) is 23.5 Å².